The van der Waals surface area contributed by atoms with Crippen LogP contribution in [-0.4, -0.2) is 39.2 Å². The van der Waals surface area contributed by atoms with Crippen molar-refractivity contribution in [2.24, 2.45) is 12.1 Å². The van der Waals surface area contributed by atoms with Gasteiger partial charge in [0.25, 0.3) is 5.91 Å². The highest BCUT2D eigenvalue weighted by Crippen LogP contribution is 2.35. The van der Waals surface area contributed by atoms with Crippen LogP contribution in [0.3, 0.4) is 0 Å². The van der Waals surface area contributed by atoms with Gasteiger partial charge in [-0.3, -0.25) is 9.69 Å². The molecule has 2 aliphatic rings. The van der Waals surface area contributed by atoms with Gasteiger partial charge in [0.05, 0.1) is 24.6 Å². The Morgan fingerprint density at radius 3 is 2.68 bits per heavy atom. The Bertz CT molecular complexity index is 1080. The van der Waals surface area contributed by atoms with Crippen molar-refractivity contribution in [3.05, 3.63) is 83.6 Å². The van der Waals surface area contributed by atoms with E-state index in [0.717, 1.165) is 36.4 Å². The minimum absolute atomic E-state index is 0.0182. The second kappa shape index (κ2) is 8.19. The lowest BCUT2D eigenvalue weighted by atomic mass is 10.0. The number of hydrazone groups is 1. The SMILES string of the molecule is Cc1ccc(C2=NN(C(=O)CN3CCCC3c3cccn3C)C(c3ccco3)C2)cc1. The summed E-state index contributed by atoms with van der Waals surface area (Å²) in [6.45, 7) is 3.36. The number of furan rings is 1. The third-order valence-electron chi connectivity index (χ3n) is 6.45. The Morgan fingerprint density at radius 1 is 1.13 bits per heavy atom. The lowest BCUT2D eigenvalue weighted by molar-refractivity contribution is -0.134. The first-order chi connectivity index (χ1) is 15.1. The normalized spacial score (nSPS) is 21.6. The molecule has 0 aliphatic carbocycles. The Morgan fingerprint density at radius 2 is 1.97 bits per heavy atom. The number of rotatable bonds is 5. The van der Waals surface area contributed by atoms with Crippen LogP contribution in [0, 0.1) is 6.92 Å². The van der Waals surface area contributed by atoms with Gasteiger partial charge >= 0.3 is 0 Å². The number of benzene rings is 1. The molecule has 6 heteroatoms. The number of hydrogen-bond acceptors (Lipinski definition) is 4. The van der Waals surface area contributed by atoms with Gasteiger partial charge in [-0.25, -0.2) is 5.01 Å². The Hall–Kier alpha value is -3.12. The fourth-order valence-electron chi connectivity index (χ4n) is 4.78. The highest BCUT2D eigenvalue weighted by atomic mass is 16.3. The molecular weight excluding hydrogens is 388 g/mol. The first-order valence-corrected chi connectivity index (χ1v) is 11.0. The van der Waals surface area contributed by atoms with Crippen LogP contribution in [0.2, 0.25) is 0 Å². The van der Waals surface area contributed by atoms with Gasteiger partial charge in [-0.05, 0) is 56.1 Å². The van der Waals surface area contributed by atoms with Crippen molar-refractivity contribution in [2.45, 2.75) is 38.3 Å². The lowest BCUT2D eigenvalue weighted by Gasteiger charge is -2.27. The molecule has 0 N–H and O–H groups in total. The molecule has 0 saturated carbocycles. The smallest absolute Gasteiger partial charge is 0.257 e. The van der Waals surface area contributed by atoms with Gasteiger partial charge in [-0.2, -0.15) is 5.10 Å². The summed E-state index contributed by atoms with van der Waals surface area (Å²) in [7, 11) is 2.07. The van der Waals surface area contributed by atoms with Crippen LogP contribution in [0.4, 0.5) is 0 Å². The molecule has 6 nitrogen and oxygen atoms in total. The molecule has 0 spiro atoms. The fraction of sp³-hybridized carbons (Fsp3) is 0.360. The van der Waals surface area contributed by atoms with E-state index in [4.69, 9.17) is 9.52 Å². The molecule has 31 heavy (non-hydrogen) atoms. The van der Waals surface area contributed by atoms with Gasteiger partial charge < -0.3 is 8.98 Å². The molecule has 0 radical (unpaired) electrons. The largest absolute Gasteiger partial charge is 0.467 e. The van der Waals surface area contributed by atoms with Gasteiger partial charge in [0, 0.05) is 25.4 Å². The fourth-order valence-corrected chi connectivity index (χ4v) is 4.78. The van der Waals surface area contributed by atoms with Crippen molar-refractivity contribution in [1.82, 2.24) is 14.5 Å². The van der Waals surface area contributed by atoms with E-state index in [1.807, 2.05) is 12.1 Å². The number of amides is 1. The van der Waals surface area contributed by atoms with Crippen LogP contribution in [0.1, 0.15) is 53.9 Å². The van der Waals surface area contributed by atoms with E-state index >= 15 is 0 Å². The van der Waals surface area contributed by atoms with Gasteiger partial charge in [0.15, 0.2) is 0 Å². The second-order valence-electron chi connectivity index (χ2n) is 8.56. The van der Waals surface area contributed by atoms with Gasteiger partial charge in [0.1, 0.15) is 11.8 Å². The molecule has 1 amide bonds. The van der Waals surface area contributed by atoms with Crippen molar-refractivity contribution in [3.63, 3.8) is 0 Å². The number of carbonyl (C=O) groups is 1. The number of aryl methyl sites for hydroxylation is 2. The molecule has 2 aliphatic heterocycles. The van der Waals surface area contributed by atoms with Crippen LogP contribution in [-0.2, 0) is 11.8 Å². The van der Waals surface area contributed by atoms with Crippen molar-refractivity contribution in [1.29, 1.82) is 0 Å². The second-order valence-corrected chi connectivity index (χ2v) is 8.56. The van der Waals surface area contributed by atoms with Crippen LogP contribution in [0.25, 0.3) is 0 Å². The minimum Gasteiger partial charge on any atom is -0.467 e. The minimum atomic E-state index is -0.199. The summed E-state index contributed by atoms with van der Waals surface area (Å²) in [5, 5.41) is 6.43. The summed E-state index contributed by atoms with van der Waals surface area (Å²) in [5.41, 5.74) is 4.45. The van der Waals surface area contributed by atoms with E-state index in [0.29, 0.717) is 13.0 Å². The molecule has 5 rings (SSSR count). The standard InChI is InChI=1S/C25H28N4O2/c1-18-9-11-19(12-10-18)20-16-23(24-8-5-15-31-24)29(26-20)25(30)17-28-14-4-7-22(28)21-6-3-13-27(21)2/h3,5-6,8-13,15,22-23H,4,7,14,16-17H2,1-2H3. The topological polar surface area (TPSA) is 54.0 Å². The third-order valence-corrected chi connectivity index (χ3v) is 6.45. The van der Waals surface area contributed by atoms with Gasteiger partial charge in [0.2, 0.25) is 0 Å². The molecule has 3 aromatic rings. The first kappa shape index (κ1) is 19.8. The maximum atomic E-state index is 13.5. The monoisotopic (exact) mass is 416 g/mol. The number of aromatic nitrogens is 1. The highest BCUT2D eigenvalue weighted by Gasteiger charge is 2.37. The summed E-state index contributed by atoms with van der Waals surface area (Å²) in [6.07, 6.45) is 6.56. The first-order valence-electron chi connectivity index (χ1n) is 11.0. The van der Waals surface area contributed by atoms with E-state index < -0.39 is 0 Å². The molecular formula is C25H28N4O2. The van der Waals surface area contributed by atoms with Crippen molar-refractivity contribution in [2.75, 3.05) is 13.1 Å². The maximum absolute atomic E-state index is 13.5. The number of hydrogen-bond donors (Lipinski definition) is 0. The quantitative estimate of drug-likeness (QED) is 0.618. The zero-order valence-electron chi connectivity index (χ0n) is 18.1. The van der Waals surface area contributed by atoms with Crippen LogP contribution >= 0.6 is 0 Å². The molecule has 1 aromatic carbocycles. The molecule has 1 fully saturated rings. The number of likely N-dealkylation sites (tertiary alicyclic amines) is 1. The molecule has 2 atom stereocenters. The molecule has 0 bridgehead atoms. The molecule has 2 aromatic heterocycles. The van der Waals surface area contributed by atoms with Crippen LogP contribution < -0.4 is 0 Å². The summed E-state index contributed by atoms with van der Waals surface area (Å²) in [6, 6.07) is 16.4. The summed E-state index contributed by atoms with van der Waals surface area (Å²) >= 11 is 0. The van der Waals surface area contributed by atoms with Gasteiger partial charge in [-0.15, -0.1) is 0 Å². The average molecular weight is 417 g/mol. The van der Waals surface area contributed by atoms with Crippen LogP contribution in [0.15, 0.2) is 70.5 Å². The zero-order chi connectivity index (χ0) is 21.4. The van der Waals surface area contributed by atoms with Crippen molar-refractivity contribution < 1.29 is 9.21 Å². The Kier molecular flexibility index (Phi) is 5.24. The summed E-state index contributed by atoms with van der Waals surface area (Å²) in [5.74, 6) is 0.796. The van der Waals surface area contributed by atoms with E-state index in [-0.39, 0.29) is 18.0 Å². The lowest BCUT2D eigenvalue weighted by Crippen LogP contribution is -2.38. The highest BCUT2D eigenvalue weighted by molar-refractivity contribution is 6.03. The molecule has 4 heterocycles. The maximum Gasteiger partial charge on any atom is 0.257 e. The van der Waals surface area contributed by atoms with Crippen molar-refractivity contribution in [3.8, 4) is 0 Å². The van der Waals surface area contributed by atoms with E-state index in [9.17, 15) is 4.79 Å². The van der Waals surface area contributed by atoms with Gasteiger partial charge in [-0.1, -0.05) is 29.8 Å². The summed E-state index contributed by atoms with van der Waals surface area (Å²) < 4.78 is 7.84. The zero-order valence-corrected chi connectivity index (χ0v) is 18.1. The Balaban J connectivity index is 1.39. The number of carbonyl (C=O) groups excluding carboxylic acids is 1. The Labute approximate surface area is 182 Å². The van der Waals surface area contributed by atoms with E-state index in [1.54, 1.807) is 11.3 Å². The summed E-state index contributed by atoms with van der Waals surface area (Å²) in [4.78, 5) is 15.8. The molecule has 160 valence electrons. The average Bonchev–Trinajstić information content (AvgIpc) is 3.55. The van der Waals surface area contributed by atoms with E-state index in [2.05, 4.69) is 66.0 Å². The predicted octanol–water partition coefficient (Wildman–Crippen LogP) is 4.44. The van der Waals surface area contributed by atoms with E-state index in [1.165, 1.54) is 11.3 Å². The molecule has 1 saturated heterocycles. The molecule has 2 unspecified atom stereocenters. The van der Waals surface area contributed by atoms with Crippen LogP contribution in [0.5, 0.6) is 0 Å². The predicted molar refractivity (Wildman–Crippen MR) is 120 cm³/mol. The van der Waals surface area contributed by atoms with Crippen molar-refractivity contribution >= 4 is 11.6 Å². The third kappa shape index (κ3) is 3.83. The number of nitrogens with zero attached hydrogens (tertiary/aromatic N) is 4.